The van der Waals surface area contributed by atoms with E-state index in [0.717, 1.165) is 28.3 Å². The Bertz CT molecular complexity index is 958. The molecule has 6 heteroatoms. The average molecular weight is 393 g/mol. The van der Waals surface area contributed by atoms with E-state index in [0.29, 0.717) is 24.5 Å². The molecule has 29 heavy (non-hydrogen) atoms. The topological polar surface area (TPSA) is 58.8 Å². The minimum atomic E-state index is -0.0514. The smallest absolute Gasteiger partial charge is 0.254 e. The van der Waals surface area contributed by atoms with E-state index in [1.54, 1.807) is 24.1 Å². The van der Waals surface area contributed by atoms with Crippen molar-refractivity contribution < 1.29 is 14.1 Å². The van der Waals surface area contributed by atoms with E-state index in [2.05, 4.69) is 17.3 Å². The Labute approximate surface area is 171 Å². The van der Waals surface area contributed by atoms with E-state index in [1.807, 2.05) is 57.1 Å². The van der Waals surface area contributed by atoms with Gasteiger partial charge in [0.15, 0.2) is 0 Å². The van der Waals surface area contributed by atoms with Crippen LogP contribution in [0.15, 0.2) is 53.1 Å². The van der Waals surface area contributed by atoms with Gasteiger partial charge < -0.3 is 19.1 Å². The van der Waals surface area contributed by atoms with Gasteiger partial charge in [0.2, 0.25) is 0 Å². The Hall–Kier alpha value is -3.28. The van der Waals surface area contributed by atoms with Crippen molar-refractivity contribution in [1.82, 2.24) is 10.1 Å². The molecule has 6 nitrogen and oxygen atoms in total. The third kappa shape index (κ3) is 4.96. The van der Waals surface area contributed by atoms with Crippen LogP contribution in [0.3, 0.4) is 0 Å². The van der Waals surface area contributed by atoms with Crippen molar-refractivity contribution in [2.45, 2.75) is 27.0 Å². The first-order valence-corrected chi connectivity index (χ1v) is 9.51. The zero-order valence-electron chi connectivity index (χ0n) is 17.6. The second-order valence-corrected chi connectivity index (χ2v) is 7.34. The number of hydrogen-bond acceptors (Lipinski definition) is 5. The number of hydrogen-bond donors (Lipinski definition) is 0. The SMILES string of the molecule is Cc1noc(C)c1COc1cccc(C(=O)N(C)Cc2ccc(N(C)C)cc2)c1. The van der Waals surface area contributed by atoms with Crippen LogP contribution in [0.1, 0.15) is 32.9 Å². The molecular weight excluding hydrogens is 366 g/mol. The summed E-state index contributed by atoms with van der Waals surface area (Å²) in [4.78, 5) is 16.6. The first-order chi connectivity index (χ1) is 13.8. The highest BCUT2D eigenvalue weighted by atomic mass is 16.5. The molecule has 0 radical (unpaired) electrons. The summed E-state index contributed by atoms with van der Waals surface area (Å²) in [5, 5.41) is 3.93. The van der Waals surface area contributed by atoms with Gasteiger partial charge in [-0.2, -0.15) is 0 Å². The Balaban J connectivity index is 1.65. The van der Waals surface area contributed by atoms with Crippen LogP contribution in [-0.2, 0) is 13.2 Å². The molecule has 0 aliphatic rings. The van der Waals surface area contributed by atoms with Crippen LogP contribution in [0.4, 0.5) is 5.69 Å². The predicted molar refractivity (Wildman–Crippen MR) is 113 cm³/mol. The maximum atomic E-state index is 12.9. The van der Waals surface area contributed by atoms with Gasteiger partial charge in [-0.25, -0.2) is 0 Å². The van der Waals surface area contributed by atoms with Gasteiger partial charge in [0, 0.05) is 38.9 Å². The van der Waals surface area contributed by atoms with Crippen molar-refractivity contribution >= 4 is 11.6 Å². The lowest BCUT2D eigenvalue weighted by Crippen LogP contribution is -2.26. The van der Waals surface area contributed by atoms with Gasteiger partial charge in [0.25, 0.3) is 5.91 Å². The number of ether oxygens (including phenoxy) is 1. The third-order valence-electron chi connectivity index (χ3n) is 4.86. The van der Waals surface area contributed by atoms with Crippen molar-refractivity contribution in [2.24, 2.45) is 0 Å². The molecule has 3 rings (SSSR count). The largest absolute Gasteiger partial charge is 0.489 e. The van der Waals surface area contributed by atoms with E-state index in [4.69, 9.17) is 9.26 Å². The van der Waals surface area contributed by atoms with Gasteiger partial charge in [0.05, 0.1) is 11.3 Å². The second kappa shape index (κ2) is 8.82. The maximum Gasteiger partial charge on any atom is 0.254 e. The summed E-state index contributed by atoms with van der Waals surface area (Å²) in [5.41, 5.74) is 4.55. The molecule has 2 aromatic carbocycles. The van der Waals surface area contributed by atoms with Crippen molar-refractivity contribution in [3.05, 3.63) is 76.7 Å². The lowest BCUT2D eigenvalue weighted by Gasteiger charge is -2.19. The lowest BCUT2D eigenvalue weighted by molar-refractivity contribution is 0.0784. The number of rotatable bonds is 7. The summed E-state index contributed by atoms with van der Waals surface area (Å²) in [5.74, 6) is 1.33. The van der Waals surface area contributed by atoms with Crippen molar-refractivity contribution in [2.75, 3.05) is 26.0 Å². The summed E-state index contributed by atoms with van der Waals surface area (Å²) < 4.78 is 11.0. The van der Waals surface area contributed by atoms with Crippen molar-refractivity contribution in [3.8, 4) is 5.75 Å². The fourth-order valence-corrected chi connectivity index (χ4v) is 3.05. The second-order valence-electron chi connectivity index (χ2n) is 7.34. The van der Waals surface area contributed by atoms with Crippen LogP contribution in [0.25, 0.3) is 0 Å². The Morgan fingerprint density at radius 3 is 2.41 bits per heavy atom. The number of nitrogens with zero attached hydrogens (tertiary/aromatic N) is 3. The molecule has 0 unspecified atom stereocenters. The molecule has 3 aromatic rings. The molecule has 0 saturated carbocycles. The number of benzene rings is 2. The van der Waals surface area contributed by atoms with E-state index in [9.17, 15) is 4.79 Å². The van der Waals surface area contributed by atoms with Crippen LogP contribution in [0, 0.1) is 13.8 Å². The van der Waals surface area contributed by atoms with Gasteiger partial charge >= 0.3 is 0 Å². The first kappa shape index (κ1) is 20.5. The molecule has 0 aliphatic heterocycles. The quantitative estimate of drug-likeness (QED) is 0.602. The monoisotopic (exact) mass is 393 g/mol. The normalized spacial score (nSPS) is 10.7. The predicted octanol–water partition coefficient (Wildman–Crippen LogP) is 4.21. The van der Waals surface area contributed by atoms with Gasteiger partial charge in [-0.15, -0.1) is 0 Å². The Morgan fingerprint density at radius 1 is 1.07 bits per heavy atom. The molecule has 0 bridgehead atoms. The standard InChI is InChI=1S/C23H27N3O3/c1-16-22(17(2)29-24-16)15-28-21-8-6-7-19(13-21)23(27)26(5)14-18-9-11-20(12-10-18)25(3)4/h6-13H,14-15H2,1-5H3. The third-order valence-corrected chi connectivity index (χ3v) is 4.86. The highest BCUT2D eigenvalue weighted by molar-refractivity contribution is 5.94. The van der Waals surface area contributed by atoms with Crippen molar-refractivity contribution in [1.29, 1.82) is 0 Å². The molecule has 1 aromatic heterocycles. The minimum absolute atomic E-state index is 0.0514. The number of aryl methyl sites for hydroxylation is 2. The van der Waals surface area contributed by atoms with Crippen LogP contribution in [0.5, 0.6) is 5.75 Å². The summed E-state index contributed by atoms with van der Waals surface area (Å²) in [6, 6.07) is 15.4. The molecule has 0 atom stereocenters. The Morgan fingerprint density at radius 2 is 1.79 bits per heavy atom. The van der Waals surface area contributed by atoms with Gasteiger partial charge in [-0.3, -0.25) is 4.79 Å². The van der Waals surface area contributed by atoms with E-state index in [-0.39, 0.29) is 5.91 Å². The van der Waals surface area contributed by atoms with E-state index < -0.39 is 0 Å². The maximum absolute atomic E-state index is 12.9. The molecular formula is C23H27N3O3. The fraction of sp³-hybridized carbons (Fsp3) is 0.304. The van der Waals surface area contributed by atoms with Crippen LogP contribution >= 0.6 is 0 Å². The highest BCUT2D eigenvalue weighted by Gasteiger charge is 2.14. The van der Waals surface area contributed by atoms with Crippen LogP contribution in [-0.4, -0.2) is 37.1 Å². The Kier molecular flexibility index (Phi) is 6.22. The molecule has 0 N–H and O–H groups in total. The van der Waals surface area contributed by atoms with E-state index >= 15 is 0 Å². The van der Waals surface area contributed by atoms with Gasteiger partial charge in [0.1, 0.15) is 18.1 Å². The average Bonchev–Trinajstić information content (AvgIpc) is 3.04. The molecule has 1 amide bonds. The lowest BCUT2D eigenvalue weighted by atomic mass is 10.1. The number of carbonyl (C=O) groups excluding carboxylic acids is 1. The van der Waals surface area contributed by atoms with Crippen LogP contribution in [0.2, 0.25) is 0 Å². The number of anilines is 1. The summed E-state index contributed by atoms with van der Waals surface area (Å²) in [7, 11) is 5.82. The van der Waals surface area contributed by atoms with E-state index in [1.165, 1.54) is 0 Å². The molecule has 0 spiro atoms. The van der Waals surface area contributed by atoms with Crippen molar-refractivity contribution in [3.63, 3.8) is 0 Å². The molecule has 0 fully saturated rings. The molecule has 0 saturated heterocycles. The first-order valence-electron chi connectivity index (χ1n) is 9.51. The zero-order valence-corrected chi connectivity index (χ0v) is 17.6. The molecule has 1 heterocycles. The minimum Gasteiger partial charge on any atom is -0.489 e. The number of carbonyl (C=O) groups is 1. The summed E-state index contributed by atoms with van der Waals surface area (Å²) in [6.07, 6.45) is 0. The molecule has 152 valence electrons. The zero-order chi connectivity index (χ0) is 21.0. The van der Waals surface area contributed by atoms with Gasteiger partial charge in [-0.1, -0.05) is 23.4 Å². The highest BCUT2D eigenvalue weighted by Crippen LogP contribution is 2.20. The summed E-state index contributed by atoms with van der Waals surface area (Å²) in [6.45, 7) is 4.64. The fourth-order valence-electron chi connectivity index (χ4n) is 3.05. The molecule has 0 aliphatic carbocycles. The van der Waals surface area contributed by atoms with Gasteiger partial charge in [-0.05, 0) is 49.7 Å². The van der Waals surface area contributed by atoms with Crippen LogP contribution < -0.4 is 9.64 Å². The summed E-state index contributed by atoms with van der Waals surface area (Å²) >= 11 is 0. The number of amides is 1. The number of aromatic nitrogens is 1.